The highest BCUT2D eigenvalue weighted by molar-refractivity contribution is 7.81. The molecule has 0 N–H and O–H groups in total. The van der Waals surface area contributed by atoms with Gasteiger partial charge in [-0.15, -0.1) is 0 Å². The van der Waals surface area contributed by atoms with Gasteiger partial charge in [0.2, 0.25) is 0 Å². The molecule has 0 aliphatic rings. The molecule has 0 atom stereocenters. The zero-order chi connectivity index (χ0) is 10.8. The van der Waals surface area contributed by atoms with Crippen molar-refractivity contribution in [2.75, 3.05) is 0 Å². The number of hydrogen-bond donors (Lipinski definition) is 0. The fraction of sp³-hybridized carbons (Fsp3) is 0.375. The third kappa shape index (κ3) is 2.97. The summed E-state index contributed by atoms with van der Waals surface area (Å²) in [7, 11) is -4.71. The van der Waals surface area contributed by atoms with Crippen LogP contribution in [-0.2, 0) is 16.8 Å². The Labute approximate surface area is 82.7 Å². The molecular formula is C8H10NO4S-. The van der Waals surface area contributed by atoms with E-state index in [4.69, 9.17) is 0 Å². The van der Waals surface area contributed by atoms with Crippen LogP contribution in [0, 0.1) is 6.92 Å². The molecule has 1 heterocycles. The number of hydrogen-bond acceptors (Lipinski definition) is 5. The van der Waals surface area contributed by atoms with Gasteiger partial charge in [-0.25, -0.2) is 8.42 Å². The summed E-state index contributed by atoms with van der Waals surface area (Å²) >= 11 is 0. The Morgan fingerprint density at radius 3 is 2.57 bits per heavy atom. The van der Waals surface area contributed by atoms with Gasteiger partial charge < -0.3 is 8.74 Å². The molecule has 0 fully saturated rings. The summed E-state index contributed by atoms with van der Waals surface area (Å²) in [6.45, 7) is 3.51. The molecule has 0 aliphatic heterocycles. The Balaban J connectivity index is 3.01. The van der Waals surface area contributed by atoms with Crippen molar-refractivity contribution in [2.24, 2.45) is 0 Å². The smallest absolute Gasteiger partial charge is 0.262 e. The first-order valence-electron chi connectivity index (χ1n) is 4.04. The van der Waals surface area contributed by atoms with E-state index in [0.717, 1.165) is 12.1 Å². The number of aryl methyl sites for hydroxylation is 2. The van der Waals surface area contributed by atoms with Crippen LogP contribution in [0.1, 0.15) is 18.3 Å². The van der Waals surface area contributed by atoms with E-state index in [2.05, 4.69) is 9.17 Å². The topological polar surface area (TPSA) is 79.3 Å². The monoisotopic (exact) mass is 216 g/mol. The molecule has 0 bridgehead atoms. The second-order valence-corrected chi connectivity index (χ2v) is 3.71. The lowest BCUT2D eigenvalue weighted by molar-refractivity contribution is 0.370. The van der Waals surface area contributed by atoms with Crippen molar-refractivity contribution in [3.8, 4) is 5.75 Å². The summed E-state index contributed by atoms with van der Waals surface area (Å²) in [6, 6.07) is 3.05. The third-order valence-electron chi connectivity index (χ3n) is 1.65. The van der Waals surface area contributed by atoms with Gasteiger partial charge >= 0.3 is 0 Å². The van der Waals surface area contributed by atoms with Gasteiger partial charge in [0.15, 0.2) is 5.75 Å². The summed E-state index contributed by atoms with van der Waals surface area (Å²) in [5.41, 5.74) is 1.21. The molecule has 1 aromatic heterocycles. The van der Waals surface area contributed by atoms with Gasteiger partial charge in [0, 0.05) is 5.69 Å². The molecule has 6 heteroatoms. The van der Waals surface area contributed by atoms with E-state index < -0.39 is 10.4 Å². The molecule has 1 aromatic rings. The molecule has 14 heavy (non-hydrogen) atoms. The number of pyridine rings is 1. The van der Waals surface area contributed by atoms with Crippen LogP contribution in [0.2, 0.25) is 0 Å². The maximum atomic E-state index is 10.3. The molecule has 0 saturated carbocycles. The largest absolute Gasteiger partial charge is 0.716 e. The van der Waals surface area contributed by atoms with E-state index in [-0.39, 0.29) is 5.75 Å². The van der Waals surface area contributed by atoms with Gasteiger partial charge in [0.1, 0.15) is 0 Å². The van der Waals surface area contributed by atoms with Crippen molar-refractivity contribution in [3.05, 3.63) is 23.5 Å². The predicted molar refractivity (Wildman–Crippen MR) is 48.7 cm³/mol. The van der Waals surface area contributed by atoms with E-state index >= 15 is 0 Å². The first-order chi connectivity index (χ1) is 6.42. The first kappa shape index (κ1) is 10.9. The standard InChI is InChI=1S/C8H11NO4S/c1-3-7-4-5-8(6(2)9-7)13-14(10,11)12/h4-5H,3H2,1-2H3,(H,10,11,12)/p-1. The third-order valence-corrected chi connectivity index (χ3v) is 2.03. The van der Waals surface area contributed by atoms with Crippen molar-refractivity contribution in [1.82, 2.24) is 4.98 Å². The van der Waals surface area contributed by atoms with Crippen LogP contribution >= 0.6 is 0 Å². The van der Waals surface area contributed by atoms with Crippen LogP contribution < -0.4 is 4.18 Å². The van der Waals surface area contributed by atoms with Crippen LogP contribution in [0.3, 0.4) is 0 Å². The van der Waals surface area contributed by atoms with E-state index in [9.17, 15) is 13.0 Å². The van der Waals surface area contributed by atoms with Gasteiger partial charge in [-0.1, -0.05) is 6.92 Å². The Hall–Kier alpha value is -1.14. The number of nitrogens with zero attached hydrogens (tertiary/aromatic N) is 1. The van der Waals surface area contributed by atoms with Crippen LogP contribution in [0.5, 0.6) is 5.75 Å². The molecule has 1 rings (SSSR count). The first-order valence-corrected chi connectivity index (χ1v) is 5.37. The summed E-state index contributed by atoms with van der Waals surface area (Å²) in [4.78, 5) is 4.05. The molecule has 0 aromatic carbocycles. The van der Waals surface area contributed by atoms with Crippen molar-refractivity contribution in [3.63, 3.8) is 0 Å². The van der Waals surface area contributed by atoms with E-state index in [1.165, 1.54) is 6.07 Å². The predicted octanol–water partition coefficient (Wildman–Crippen LogP) is 0.791. The molecule has 5 nitrogen and oxygen atoms in total. The SMILES string of the molecule is CCc1ccc(OS(=O)(=O)[O-])c(C)n1. The summed E-state index contributed by atoms with van der Waals surface area (Å²) in [5.74, 6) is -0.0165. The van der Waals surface area contributed by atoms with E-state index in [1.807, 2.05) is 6.92 Å². The van der Waals surface area contributed by atoms with Gasteiger partial charge in [0.05, 0.1) is 5.69 Å². The number of rotatable bonds is 3. The Morgan fingerprint density at radius 2 is 2.14 bits per heavy atom. The van der Waals surface area contributed by atoms with Gasteiger partial charge in [-0.3, -0.25) is 4.98 Å². The molecule has 0 saturated heterocycles. The van der Waals surface area contributed by atoms with Gasteiger partial charge in [-0.2, -0.15) is 0 Å². The quantitative estimate of drug-likeness (QED) is 0.551. The van der Waals surface area contributed by atoms with Crippen molar-refractivity contribution < 1.29 is 17.2 Å². The molecule has 0 amide bonds. The molecule has 0 unspecified atom stereocenters. The Bertz CT molecular complexity index is 427. The fourth-order valence-electron chi connectivity index (χ4n) is 0.995. The zero-order valence-corrected chi connectivity index (χ0v) is 8.67. The maximum Gasteiger partial charge on any atom is 0.262 e. The van der Waals surface area contributed by atoms with E-state index in [0.29, 0.717) is 5.69 Å². The van der Waals surface area contributed by atoms with Crippen LogP contribution in [0.4, 0.5) is 0 Å². The molecule has 78 valence electrons. The number of aromatic nitrogens is 1. The zero-order valence-electron chi connectivity index (χ0n) is 7.85. The van der Waals surface area contributed by atoms with Gasteiger partial charge in [-0.05, 0) is 25.5 Å². The van der Waals surface area contributed by atoms with Crippen molar-refractivity contribution in [2.45, 2.75) is 20.3 Å². The highest BCUT2D eigenvalue weighted by Crippen LogP contribution is 2.17. The average Bonchev–Trinajstić information content (AvgIpc) is 2.06. The lowest BCUT2D eigenvalue weighted by Gasteiger charge is -2.11. The van der Waals surface area contributed by atoms with E-state index in [1.54, 1.807) is 13.0 Å². The molecule has 0 radical (unpaired) electrons. The highest BCUT2D eigenvalue weighted by atomic mass is 32.3. The summed E-state index contributed by atoms with van der Waals surface area (Å²) < 4.78 is 35.1. The van der Waals surface area contributed by atoms with Crippen LogP contribution in [0.25, 0.3) is 0 Å². The normalized spacial score (nSPS) is 11.4. The lowest BCUT2D eigenvalue weighted by Crippen LogP contribution is -2.09. The second-order valence-electron chi connectivity index (χ2n) is 2.73. The highest BCUT2D eigenvalue weighted by Gasteiger charge is 2.04. The summed E-state index contributed by atoms with van der Waals surface area (Å²) in [6.07, 6.45) is 0.741. The molecular weight excluding hydrogens is 206 g/mol. The average molecular weight is 216 g/mol. The lowest BCUT2D eigenvalue weighted by atomic mass is 10.2. The minimum atomic E-state index is -4.71. The Morgan fingerprint density at radius 1 is 1.50 bits per heavy atom. The molecule has 0 aliphatic carbocycles. The minimum Gasteiger partial charge on any atom is -0.716 e. The van der Waals surface area contributed by atoms with Crippen molar-refractivity contribution in [1.29, 1.82) is 0 Å². The van der Waals surface area contributed by atoms with Crippen molar-refractivity contribution >= 4 is 10.4 Å². The van der Waals surface area contributed by atoms with Gasteiger partial charge in [0.25, 0.3) is 10.4 Å². The van der Waals surface area contributed by atoms with Crippen LogP contribution in [-0.4, -0.2) is 18.0 Å². The summed E-state index contributed by atoms with van der Waals surface area (Å²) in [5, 5.41) is 0. The van der Waals surface area contributed by atoms with Crippen LogP contribution in [0.15, 0.2) is 12.1 Å². The maximum absolute atomic E-state index is 10.3. The molecule has 0 spiro atoms. The minimum absolute atomic E-state index is 0.0165. The fourth-order valence-corrected chi connectivity index (χ4v) is 1.39. The second kappa shape index (κ2) is 3.93. The Kier molecular flexibility index (Phi) is 3.07.